The van der Waals surface area contributed by atoms with Crippen molar-refractivity contribution in [1.82, 2.24) is 10.3 Å². The molecule has 2 heterocycles. The Morgan fingerprint density at radius 1 is 1.14 bits per heavy atom. The van der Waals surface area contributed by atoms with Gasteiger partial charge in [0.05, 0.1) is 20.3 Å². The van der Waals surface area contributed by atoms with E-state index < -0.39 is 0 Å². The van der Waals surface area contributed by atoms with E-state index in [2.05, 4.69) is 29.4 Å². The Kier molecular flexibility index (Phi) is 3.80. The number of pyridine rings is 1. The molecule has 1 aliphatic rings. The van der Waals surface area contributed by atoms with Gasteiger partial charge < -0.3 is 14.8 Å². The Hall–Kier alpha value is -2.07. The molecule has 1 aliphatic heterocycles. The number of hydrogen-bond donors (Lipinski definition) is 1. The second kappa shape index (κ2) is 5.74. The standard InChI is InChI=1S/C17H20N2O2/c1-11-9-14-13(5-4-8-18-14)17(19-11)12-6-7-15(20-2)16(10-12)21-3/h4-8,10-11,17,19H,9H2,1-3H3. The van der Waals surface area contributed by atoms with Crippen molar-refractivity contribution in [3.63, 3.8) is 0 Å². The van der Waals surface area contributed by atoms with Crippen molar-refractivity contribution in [3.05, 3.63) is 53.3 Å². The van der Waals surface area contributed by atoms with Gasteiger partial charge in [0.2, 0.25) is 0 Å². The van der Waals surface area contributed by atoms with E-state index in [0.29, 0.717) is 6.04 Å². The molecule has 0 bridgehead atoms. The average Bonchev–Trinajstić information content (AvgIpc) is 2.53. The first-order chi connectivity index (χ1) is 10.2. The predicted octanol–water partition coefficient (Wildman–Crippen LogP) is 2.72. The van der Waals surface area contributed by atoms with E-state index in [0.717, 1.165) is 23.5 Å². The average molecular weight is 284 g/mol. The molecule has 0 aliphatic carbocycles. The number of benzene rings is 1. The van der Waals surface area contributed by atoms with Gasteiger partial charge in [-0.25, -0.2) is 0 Å². The van der Waals surface area contributed by atoms with Crippen LogP contribution in [0.15, 0.2) is 36.5 Å². The molecule has 2 aromatic rings. The van der Waals surface area contributed by atoms with E-state index >= 15 is 0 Å². The van der Waals surface area contributed by atoms with Gasteiger partial charge in [-0.3, -0.25) is 4.98 Å². The number of nitrogens with zero attached hydrogens (tertiary/aromatic N) is 1. The van der Waals surface area contributed by atoms with Gasteiger partial charge in [-0.2, -0.15) is 0 Å². The summed E-state index contributed by atoms with van der Waals surface area (Å²) in [5, 5.41) is 3.64. The van der Waals surface area contributed by atoms with Gasteiger partial charge in [0.25, 0.3) is 0 Å². The largest absolute Gasteiger partial charge is 0.493 e. The van der Waals surface area contributed by atoms with E-state index in [9.17, 15) is 0 Å². The summed E-state index contributed by atoms with van der Waals surface area (Å²) in [6.07, 6.45) is 2.82. The lowest BCUT2D eigenvalue weighted by Crippen LogP contribution is -2.38. The molecule has 3 rings (SSSR count). The maximum atomic E-state index is 5.41. The third-order valence-electron chi connectivity index (χ3n) is 3.93. The first-order valence-electron chi connectivity index (χ1n) is 7.14. The third kappa shape index (κ3) is 2.59. The van der Waals surface area contributed by atoms with Crippen LogP contribution >= 0.6 is 0 Å². The second-order valence-corrected chi connectivity index (χ2v) is 5.36. The lowest BCUT2D eigenvalue weighted by atomic mass is 9.90. The number of hydrogen-bond acceptors (Lipinski definition) is 4. The highest BCUT2D eigenvalue weighted by molar-refractivity contribution is 5.47. The van der Waals surface area contributed by atoms with Crippen LogP contribution in [-0.4, -0.2) is 25.2 Å². The minimum Gasteiger partial charge on any atom is -0.493 e. The first-order valence-corrected chi connectivity index (χ1v) is 7.14. The topological polar surface area (TPSA) is 43.4 Å². The molecular weight excluding hydrogens is 264 g/mol. The van der Waals surface area contributed by atoms with E-state index in [1.807, 2.05) is 24.4 Å². The summed E-state index contributed by atoms with van der Waals surface area (Å²) in [7, 11) is 3.31. The Balaban J connectivity index is 2.04. The quantitative estimate of drug-likeness (QED) is 0.941. The second-order valence-electron chi connectivity index (χ2n) is 5.36. The highest BCUT2D eigenvalue weighted by Gasteiger charge is 2.26. The Morgan fingerprint density at radius 2 is 1.95 bits per heavy atom. The van der Waals surface area contributed by atoms with Crippen molar-refractivity contribution >= 4 is 0 Å². The van der Waals surface area contributed by atoms with Crippen LogP contribution in [0, 0.1) is 0 Å². The summed E-state index contributed by atoms with van der Waals surface area (Å²) in [5.74, 6) is 1.50. The zero-order valence-corrected chi connectivity index (χ0v) is 12.6. The summed E-state index contributed by atoms with van der Waals surface area (Å²) >= 11 is 0. The maximum Gasteiger partial charge on any atom is 0.161 e. The minimum atomic E-state index is 0.136. The number of nitrogens with one attached hydrogen (secondary N) is 1. The highest BCUT2D eigenvalue weighted by atomic mass is 16.5. The minimum absolute atomic E-state index is 0.136. The van der Waals surface area contributed by atoms with Crippen molar-refractivity contribution in [2.45, 2.75) is 25.4 Å². The van der Waals surface area contributed by atoms with E-state index in [1.54, 1.807) is 14.2 Å². The molecule has 0 amide bonds. The van der Waals surface area contributed by atoms with Crippen LogP contribution < -0.4 is 14.8 Å². The highest BCUT2D eigenvalue weighted by Crippen LogP contribution is 2.34. The molecule has 1 N–H and O–H groups in total. The van der Waals surface area contributed by atoms with Crippen LogP contribution in [0.2, 0.25) is 0 Å². The van der Waals surface area contributed by atoms with E-state index in [-0.39, 0.29) is 6.04 Å². The predicted molar refractivity (Wildman–Crippen MR) is 81.9 cm³/mol. The number of ether oxygens (including phenoxy) is 2. The van der Waals surface area contributed by atoms with Crippen molar-refractivity contribution in [1.29, 1.82) is 0 Å². The third-order valence-corrected chi connectivity index (χ3v) is 3.93. The van der Waals surface area contributed by atoms with E-state index in [1.165, 1.54) is 11.3 Å². The zero-order valence-electron chi connectivity index (χ0n) is 12.6. The Morgan fingerprint density at radius 3 is 2.71 bits per heavy atom. The summed E-state index contributed by atoms with van der Waals surface area (Å²) in [6, 6.07) is 10.7. The lowest BCUT2D eigenvalue weighted by Gasteiger charge is -2.31. The van der Waals surface area contributed by atoms with Crippen LogP contribution in [0.3, 0.4) is 0 Å². The number of rotatable bonds is 3. The molecule has 1 aromatic carbocycles. The van der Waals surface area contributed by atoms with Crippen LogP contribution in [0.4, 0.5) is 0 Å². The van der Waals surface area contributed by atoms with Gasteiger partial charge in [0, 0.05) is 24.4 Å². The first kappa shape index (κ1) is 13.9. The molecule has 2 atom stereocenters. The summed E-state index contributed by atoms with van der Waals surface area (Å²) in [6.45, 7) is 2.19. The van der Waals surface area contributed by atoms with Gasteiger partial charge in [0.15, 0.2) is 11.5 Å². The van der Waals surface area contributed by atoms with Crippen molar-refractivity contribution in [2.24, 2.45) is 0 Å². The molecule has 21 heavy (non-hydrogen) atoms. The fourth-order valence-electron chi connectivity index (χ4n) is 2.92. The van der Waals surface area contributed by atoms with Gasteiger partial charge >= 0.3 is 0 Å². The van der Waals surface area contributed by atoms with Crippen LogP contribution in [0.1, 0.15) is 29.8 Å². The summed E-state index contributed by atoms with van der Waals surface area (Å²) in [5.41, 5.74) is 3.57. The van der Waals surface area contributed by atoms with E-state index in [4.69, 9.17) is 9.47 Å². The Labute approximate surface area is 125 Å². The van der Waals surface area contributed by atoms with Crippen LogP contribution in [0.25, 0.3) is 0 Å². The molecule has 0 saturated carbocycles. The fraction of sp³-hybridized carbons (Fsp3) is 0.353. The van der Waals surface area contributed by atoms with Gasteiger partial charge in [-0.15, -0.1) is 0 Å². The maximum absolute atomic E-state index is 5.41. The number of methoxy groups -OCH3 is 2. The fourth-order valence-corrected chi connectivity index (χ4v) is 2.92. The summed E-state index contributed by atoms with van der Waals surface area (Å²) in [4.78, 5) is 4.53. The molecule has 2 unspecified atom stereocenters. The van der Waals surface area contributed by atoms with Gasteiger partial charge in [0.1, 0.15) is 0 Å². The molecule has 0 saturated heterocycles. The van der Waals surface area contributed by atoms with Crippen molar-refractivity contribution in [3.8, 4) is 11.5 Å². The normalized spacial score (nSPS) is 20.7. The van der Waals surface area contributed by atoms with Gasteiger partial charge in [-0.05, 0) is 36.2 Å². The molecule has 110 valence electrons. The SMILES string of the molecule is COc1ccc(C2NC(C)Cc3ncccc32)cc1OC. The monoisotopic (exact) mass is 284 g/mol. The Bertz CT molecular complexity index is 642. The molecule has 0 spiro atoms. The molecule has 0 fully saturated rings. The van der Waals surface area contributed by atoms with Crippen molar-refractivity contribution < 1.29 is 9.47 Å². The number of aromatic nitrogens is 1. The number of fused-ring (bicyclic) bond motifs is 1. The molecule has 1 aromatic heterocycles. The van der Waals surface area contributed by atoms with Gasteiger partial charge in [-0.1, -0.05) is 12.1 Å². The smallest absolute Gasteiger partial charge is 0.161 e. The molecular formula is C17H20N2O2. The van der Waals surface area contributed by atoms with Crippen LogP contribution in [0.5, 0.6) is 11.5 Å². The molecule has 0 radical (unpaired) electrons. The summed E-state index contributed by atoms with van der Waals surface area (Å²) < 4.78 is 10.7. The zero-order chi connectivity index (χ0) is 14.8. The lowest BCUT2D eigenvalue weighted by molar-refractivity contribution is 0.353. The van der Waals surface area contributed by atoms with Crippen molar-refractivity contribution in [2.75, 3.05) is 14.2 Å². The molecule has 4 heteroatoms. The van der Waals surface area contributed by atoms with Crippen LogP contribution in [-0.2, 0) is 6.42 Å². The molecule has 4 nitrogen and oxygen atoms in total.